The lowest BCUT2D eigenvalue weighted by Gasteiger charge is -2.21. The van der Waals surface area contributed by atoms with Gasteiger partial charge < -0.3 is 0 Å². The summed E-state index contributed by atoms with van der Waals surface area (Å²) in [5.41, 5.74) is 5.41. The number of nitrogens with zero attached hydrogens (tertiary/aromatic N) is 2. The second kappa shape index (κ2) is 6.44. The Morgan fingerprint density at radius 1 is 1.16 bits per heavy atom. The van der Waals surface area contributed by atoms with Crippen molar-refractivity contribution in [2.45, 2.75) is 45.1 Å². The predicted octanol–water partition coefficient (Wildman–Crippen LogP) is 2.08. The van der Waals surface area contributed by atoms with Crippen LogP contribution in [0, 0.1) is 12.8 Å². The summed E-state index contributed by atoms with van der Waals surface area (Å²) in [5.74, 6) is 0.324. The van der Waals surface area contributed by atoms with E-state index >= 15 is 0 Å². The highest BCUT2D eigenvalue weighted by Crippen LogP contribution is 2.31. The first-order valence-corrected chi connectivity index (χ1v) is 8.87. The average molecular weight is 338 g/mol. The Morgan fingerprint density at radius 2 is 1.92 bits per heavy atom. The van der Waals surface area contributed by atoms with Gasteiger partial charge in [0.2, 0.25) is 11.9 Å². The van der Waals surface area contributed by atoms with Gasteiger partial charge in [0.15, 0.2) is 0 Å². The summed E-state index contributed by atoms with van der Waals surface area (Å²) < 4.78 is 0. The molecule has 25 heavy (non-hydrogen) atoms. The van der Waals surface area contributed by atoms with Crippen LogP contribution in [0.3, 0.4) is 0 Å². The number of hydrogen-bond donors (Lipinski definition) is 2. The Kier molecular flexibility index (Phi) is 4.13. The molecule has 1 aromatic heterocycles. The van der Waals surface area contributed by atoms with Crippen molar-refractivity contribution in [3.63, 3.8) is 0 Å². The number of carbonyl (C=O) groups is 1. The Hall–Kier alpha value is -2.47. The van der Waals surface area contributed by atoms with Gasteiger partial charge in [-0.2, -0.15) is 0 Å². The van der Waals surface area contributed by atoms with Crippen molar-refractivity contribution in [3.8, 4) is 0 Å². The van der Waals surface area contributed by atoms with E-state index in [1.54, 1.807) is 0 Å². The number of hydrogen-bond acceptors (Lipinski definition) is 4. The summed E-state index contributed by atoms with van der Waals surface area (Å²) in [6.45, 7) is 1.82. The molecule has 2 fully saturated rings. The maximum absolute atomic E-state index is 12.6. The summed E-state index contributed by atoms with van der Waals surface area (Å²) in [6, 6.07) is 10.00. The highest BCUT2D eigenvalue weighted by molar-refractivity contribution is 5.95. The van der Waals surface area contributed by atoms with Crippen LogP contribution >= 0.6 is 0 Å². The van der Waals surface area contributed by atoms with E-state index in [0.29, 0.717) is 23.6 Å². The molecule has 1 amide bonds. The van der Waals surface area contributed by atoms with Gasteiger partial charge in [0, 0.05) is 18.0 Å². The minimum absolute atomic E-state index is 0.00311. The van der Waals surface area contributed by atoms with Gasteiger partial charge in [-0.3, -0.25) is 14.6 Å². The van der Waals surface area contributed by atoms with Crippen LogP contribution in [0.1, 0.15) is 42.5 Å². The van der Waals surface area contributed by atoms with Crippen LogP contribution < -0.4 is 16.0 Å². The predicted molar refractivity (Wildman–Crippen MR) is 95.2 cm³/mol. The summed E-state index contributed by atoms with van der Waals surface area (Å²) in [5, 5.41) is 1.45. The monoisotopic (exact) mass is 338 g/mol. The largest absolute Gasteiger partial charge is 0.291 e. The van der Waals surface area contributed by atoms with Crippen molar-refractivity contribution in [1.29, 1.82) is 0 Å². The topological polar surface area (TPSA) is 78.1 Å². The van der Waals surface area contributed by atoms with Crippen LogP contribution in [0.25, 0.3) is 0 Å². The Balaban J connectivity index is 1.62. The number of H-pyrrole nitrogens is 1. The van der Waals surface area contributed by atoms with E-state index in [2.05, 4.69) is 15.4 Å². The number of benzene rings is 1. The van der Waals surface area contributed by atoms with Gasteiger partial charge in [0.25, 0.3) is 5.56 Å². The molecule has 4 rings (SSSR count). The molecule has 2 aliphatic rings. The number of aromatic amines is 1. The molecular formula is C19H22N4O2. The number of aryl methyl sites for hydroxylation is 1. The number of rotatable bonds is 3. The van der Waals surface area contributed by atoms with Crippen molar-refractivity contribution >= 4 is 11.9 Å². The number of aromatic nitrogens is 2. The van der Waals surface area contributed by atoms with E-state index in [9.17, 15) is 9.59 Å². The molecule has 0 radical (unpaired) electrons. The molecule has 2 heterocycles. The first-order chi connectivity index (χ1) is 12.1. The van der Waals surface area contributed by atoms with Crippen molar-refractivity contribution in [1.82, 2.24) is 15.4 Å². The zero-order chi connectivity index (χ0) is 17.4. The lowest BCUT2D eigenvalue weighted by molar-refractivity contribution is -0.121. The summed E-state index contributed by atoms with van der Waals surface area (Å²) in [6.07, 6.45) is 4.64. The van der Waals surface area contributed by atoms with E-state index in [4.69, 9.17) is 0 Å². The van der Waals surface area contributed by atoms with E-state index in [-0.39, 0.29) is 23.4 Å². The molecule has 1 aliphatic heterocycles. The van der Waals surface area contributed by atoms with Crippen molar-refractivity contribution in [2.75, 3.05) is 5.01 Å². The molecule has 2 aromatic rings. The zero-order valence-corrected chi connectivity index (χ0v) is 14.3. The van der Waals surface area contributed by atoms with Crippen LogP contribution in [0.4, 0.5) is 5.95 Å². The minimum Gasteiger partial charge on any atom is -0.291 e. The van der Waals surface area contributed by atoms with Crippen molar-refractivity contribution in [3.05, 3.63) is 57.5 Å². The number of nitrogens with one attached hydrogen (secondary N) is 2. The standard InChI is InChI=1S/C19H22N4O2/c1-12-15(11-13-7-3-2-4-8-13)17(24)21-19(20-12)23-18(25)14-9-5-6-10-16(14)22-23/h2-4,7-8,14,16,22H,5-6,9-11H2,1H3,(H,20,21,24). The lowest BCUT2D eigenvalue weighted by atomic mass is 9.86. The number of anilines is 1. The van der Waals surface area contributed by atoms with Gasteiger partial charge in [-0.1, -0.05) is 43.2 Å². The molecule has 1 aromatic carbocycles. The molecule has 0 bridgehead atoms. The van der Waals surface area contributed by atoms with Crippen LogP contribution in [0.15, 0.2) is 35.1 Å². The van der Waals surface area contributed by atoms with E-state index < -0.39 is 0 Å². The molecule has 2 N–H and O–H groups in total. The summed E-state index contributed by atoms with van der Waals surface area (Å²) >= 11 is 0. The van der Waals surface area contributed by atoms with Gasteiger partial charge in [0.05, 0.1) is 11.6 Å². The van der Waals surface area contributed by atoms with Crippen molar-refractivity contribution in [2.24, 2.45) is 5.92 Å². The fraction of sp³-hybridized carbons (Fsp3) is 0.421. The average Bonchev–Trinajstić information content (AvgIpc) is 2.96. The third-order valence-corrected chi connectivity index (χ3v) is 5.24. The maximum atomic E-state index is 12.6. The van der Waals surface area contributed by atoms with E-state index in [0.717, 1.165) is 31.2 Å². The summed E-state index contributed by atoms with van der Waals surface area (Å²) in [7, 11) is 0. The first-order valence-electron chi connectivity index (χ1n) is 8.87. The normalized spacial score (nSPS) is 22.9. The molecule has 1 saturated heterocycles. The number of carbonyl (C=O) groups excluding carboxylic acids is 1. The van der Waals surface area contributed by atoms with Gasteiger partial charge in [-0.05, 0) is 25.3 Å². The lowest BCUT2D eigenvalue weighted by Crippen LogP contribution is -2.40. The molecule has 1 saturated carbocycles. The third-order valence-electron chi connectivity index (χ3n) is 5.24. The Labute approximate surface area is 146 Å². The first kappa shape index (κ1) is 16.0. The number of hydrazine groups is 1. The van der Waals surface area contributed by atoms with E-state index in [1.165, 1.54) is 5.01 Å². The SMILES string of the molecule is Cc1nc(N2NC3CCCCC3C2=O)[nH]c(=O)c1Cc1ccccc1. The maximum Gasteiger partial charge on any atom is 0.256 e. The molecular weight excluding hydrogens is 316 g/mol. The highest BCUT2D eigenvalue weighted by Gasteiger charge is 2.42. The Bertz CT molecular complexity index is 846. The minimum atomic E-state index is -0.184. The van der Waals surface area contributed by atoms with Gasteiger partial charge >= 0.3 is 0 Å². The zero-order valence-electron chi connectivity index (χ0n) is 14.3. The van der Waals surface area contributed by atoms with Crippen LogP contribution in [0.2, 0.25) is 0 Å². The molecule has 6 heteroatoms. The number of fused-ring (bicyclic) bond motifs is 1. The smallest absolute Gasteiger partial charge is 0.256 e. The van der Waals surface area contributed by atoms with Crippen LogP contribution in [-0.4, -0.2) is 21.9 Å². The molecule has 2 atom stereocenters. The second-order valence-corrected chi connectivity index (χ2v) is 6.92. The molecule has 2 unspecified atom stereocenters. The van der Waals surface area contributed by atoms with E-state index in [1.807, 2.05) is 37.3 Å². The van der Waals surface area contributed by atoms with Gasteiger partial charge in [-0.15, -0.1) is 0 Å². The van der Waals surface area contributed by atoms with Gasteiger partial charge in [0.1, 0.15) is 0 Å². The Morgan fingerprint density at radius 3 is 2.64 bits per heavy atom. The molecule has 1 aliphatic carbocycles. The number of amides is 1. The third kappa shape index (κ3) is 2.98. The van der Waals surface area contributed by atoms with Crippen LogP contribution in [0.5, 0.6) is 0 Å². The molecule has 130 valence electrons. The summed E-state index contributed by atoms with van der Waals surface area (Å²) in [4.78, 5) is 32.5. The second-order valence-electron chi connectivity index (χ2n) is 6.92. The quantitative estimate of drug-likeness (QED) is 0.898. The van der Waals surface area contributed by atoms with Crippen molar-refractivity contribution < 1.29 is 4.79 Å². The highest BCUT2D eigenvalue weighted by atomic mass is 16.2. The fourth-order valence-electron chi connectivity index (χ4n) is 3.85. The van der Waals surface area contributed by atoms with Gasteiger partial charge in [-0.25, -0.2) is 15.4 Å². The molecule has 0 spiro atoms. The van der Waals surface area contributed by atoms with Crippen LogP contribution in [-0.2, 0) is 11.2 Å². The fourth-order valence-corrected chi connectivity index (χ4v) is 3.85. The molecule has 6 nitrogen and oxygen atoms in total.